The minimum atomic E-state index is 0.662. The Morgan fingerprint density at radius 2 is 0.965 bits per heavy atom. The van der Waals surface area contributed by atoms with E-state index in [2.05, 4.69) is 191 Å². The van der Waals surface area contributed by atoms with Crippen LogP contribution in [0, 0.1) is 0 Å². The quantitative estimate of drug-likeness (QED) is 0.181. The lowest BCUT2D eigenvalue weighted by Crippen LogP contribution is -2.03. The van der Waals surface area contributed by atoms with Crippen molar-refractivity contribution in [1.29, 1.82) is 0 Å². The number of fused-ring (bicyclic) bond motifs is 12. The molecule has 0 radical (unpaired) electrons. The maximum atomic E-state index is 5.47. The van der Waals surface area contributed by atoms with Gasteiger partial charge in [-0.3, -0.25) is 4.57 Å². The van der Waals surface area contributed by atoms with E-state index in [0.717, 1.165) is 44.3 Å². The van der Waals surface area contributed by atoms with Gasteiger partial charge in [-0.2, -0.15) is 0 Å². The minimum absolute atomic E-state index is 0.662. The summed E-state index contributed by atoms with van der Waals surface area (Å²) in [6.07, 6.45) is 0. The van der Waals surface area contributed by atoms with E-state index in [1.165, 1.54) is 68.9 Å². The predicted molar refractivity (Wildman–Crippen MR) is 242 cm³/mol. The van der Waals surface area contributed by atoms with E-state index in [-0.39, 0.29) is 0 Å². The van der Waals surface area contributed by atoms with Crippen molar-refractivity contribution in [2.24, 2.45) is 0 Å². The number of benzene rings is 9. The molecule has 0 unspecified atom stereocenters. The second-order valence-corrected chi connectivity index (χ2v) is 16.1. The Kier molecular flexibility index (Phi) is 6.29. The number of para-hydroxylation sites is 3. The molecule has 0 atom stereocenters. The highest BCUT2D eigenvalue weighted by molar-refractivity contribution is 7.25. The largest absolute Gasteiger partial charge is 0.309 e. The van der Waals surface area contributed by atoms with Gasteiger partial charge in [0.2, 0.25) is 5.95 Å². The number of nitrogens with zero attached hydrogens (tertiary/aromatic N) is 4. The van der Waals surface area contributed by atoms with Crippen molar-refractivity contribution < 1.29 is 0 Å². The van der Waals surface area contributed by atoms with Gasteiger partial charge >= 0.3 is 0 Å². The zero-order valence-corrected chi connectivity index (χ0v) is 31.3. The van der Waals surface area contributed by atoms with Crippen molar-refractivity contribution in [1.82, 2.24) is 19.1 Å². The second kappa shape index (κ2) is 11.6. The molecule has 4 heterocycles. The van der Waals surface area contributed by atoms with Gasteiger partial charge in [-0.15, -0.1) is 11.3 Å². The highest BCUT2D eigenvalue weighted by Gasteiger charge is 2.21. The van der Waals surface area contributed by atoms with Gasteiger partial charge in [-0.25, -0.2) is 9.97 Å². The Morgan fingerprint density at radius 3 is 1.81 bits per heavy atom. The molecule has 0 amide bonds. The van der Waals surface area contributed by atoms with Crippen LogP contribution in [0.3, 0.4) is 0 Å². The normalized spacial score (nSPS) is 12.2. The summed E-state index contributed by atoms with van der Waals surface area (Å²) >= 11 is 1.84. The third kappa shape index (κ3) is 4.43. The first-order valence-electron chi connectivity index (χ1n) is 19.3. The van der Waals surface area contributed by atoms with Crippen LogP contribution in [0.5, 0.6) is 0 Å². The topological polar surface area (TPSA) is 35.6 Å². The van der Waals surface area contributed by atoms with Gasteiger partial charge in [0.15, 0.2) is 0 Å². The molecule has 57 heavy (non-hydrogen) atoms. The van der Waals surface area contributed by atoms with Gasteiger partial charge in [0.05, 0.1) is 39.0 Å². The fraction of sp³-hybridized carbons (Fsp3) is 0. The van der Waals surface area contributed by atoms with Gasteiger partial charge in [0, 0.05) is 58.1 Å². The molecule has 0 saturated carbocycles. The van der Waals surface area contributed by atoms with E-state index in [1.54, 1.807) is 0 Å². The lowest BCUT2D eigenvalue weighted by atomic mass is 10.0. The fourth-order valence-corrected chi connectivity index (χ4v) is 10.4. The second-order valence-electron chi connectivity index (χ2n) is 15.0. The summed E-state index contributed by atoms with van der Waals surface area (Å²) in [7, 11) is 0. The van der Waals surface area contributed by atoms with Gasteiger partial charge < -0.3 is 4.57 Å². The summed E-state index contributed by atoms with van der Waals surface area (Å²) in [6.45, 7) is 0. The highest BCUT2D eigenvalue weighted by Crippen LogP contribution is 2.41. The smallest absolute Gasteiger partial charge is 0.235 e. The van der Waals surface area contributed by atoms with E-state index < -0.39 is 0 Å². The molecule has 0 spiro atoms. The van der Waals surface area contributed by atoms with E-state index in [4.69, 9.17) is 9.97 Å². The van der Waals surface area contributed by atoms with Crippen LogP contribution in [0.2, 0.25) is 0 Å². The number of aromatic nitrogens is 4. The molecule has 0 aliphatic carbocycles. The summed E-state index contributed by atoms with van der Waals surface area (Å²) in [5, 5.41) is 13.3. The average molecular weight is 743 g/mol. The summed E-state index contributed by atoms with van der Waals surface area (Å²) in [6, 6.07) is 66.0. The fourth-order valence-electron chi connectivity index (χ4n) is 9.31. The van der Waals surface area contributed by atoms with Crippen molar-refractivity contribution in [3.05, 3.63) is 182 Å². The molecule has 0 saturated heterocycles. The van der Waals surface area contributed by atoms with Crippen LogP contribution in [0.15, 0.2) is 182 Å². The van der Waals surface area contributed by atoms with E-state index in [1.807, 2.05) is 11.3 Å². The molecule has 5 heteroatoms. The average Bonchev–Trinajstić information content (AvgIpc) is 3.91. The zero-order valence-electron chi connectivity index (χ0n) is 30.5. The highest BCUT2D eigenvalue weighted by atomic mass is 32.1. The Balaban J connectivity index is 1.08. The predicted octanol–water partition coefficient (Wildman–Crippen LogP) is 14.2. The third-order valence-electron chi connectivity index (χ3n) is 11.9. The van der Waals surface area contributed by atoms with Crippen molar-refractivity contribution in [2.45, 2.75) is 0 Å². The molecule has 13 aromatic rings. The molecule has 4 aromatic heterocycles. The maximum absolute atomic E-state index is 5.47. The van der Waals surface area contributed by atoms with Crippen LogP contribution in [0.25, 0.3) is 119 Å². The number of thiophene rings is 1. The Labute approximate surface area is 330 Å². The standard InChI is InChI=1S/C52H30N4S/c1-2-13-32-28-47-40(26-31(32)12-1)35-15-4-8-20-44(35)55(47)46-22-11-14-33-29-48-41(30-39(33)46)36-16-5-9-21-45(36)56(48)52-53-43-19-7-3-18-38(43)51(54-52)34-24-25-50-42(27-34)37-17-6-10-23-49(37)57-50/h1-30H. The van der Waals surface area contributed by atoms with Crippen molar-refractivity contribution >= 4 is 108 Å². The van der Waals surface area contributed by atoms with Crippen LogP contribution in [0.4, 0.5) is 0 Å². The molecular formula is C52H30N4S. The van der Waals surface area contributed by atoms with Crippen molar-refractivity contribution in [2.75, 3.05) is 0 Å². The number of hydrogen-bond acceptors (Lipinski definition) is 3. The van der Waals surface area contributed by atoms with Crippen molar-refractivity contribution in [3.8, 4) is 22.9 Å². The van der Waals surface area contributed by atoms with E-state index in [0.29, 0.717) is 5.95 Å². The molecule has 0 N–H and O–H groups in total. The first-order chi connectivity index (χ1) is 28.2. The molecule has 0 fully saturated rings. The number of rotatable bonds is 3. The Hall–Kier alpha value is -7.34. The lowest BCUT2D eigenvalue weighted by Gasteiger charge is -2.14. The lowest BCUT2D eigenvalue weighted by molar-refractivity contribution is 1.01. The van der Waals surface area contributed by atoms with Crippen LogP contribution < -0.4 is 0 Å². The molecular weight excluding hydrogens is 713 g/mol. The first-order valence-corrected chi connectivity index (χ1v) is 20.1. The zero-order chi connectivity index (χ0) is 37.2. The first kappa shape index (κ1) is 30.9. The summed E-state index contributed by atoms with van der Waals surface area (Å²) in [4.78, 5) is 10.8. The third-order valence-corrected chi connectivity index (χ3v) is 13.0. The molecule has 9 aromatic carbocycles. The van der Waals surface area contributed by atoms with Gasteiger partial charge in [0.1, 0.15) is 0 Å². The molecule has 4 nitrogen and oxygen atoms in total. The molecule has 0 bridgehead atoms. The Bertz CT molecular complexity index is 3830. The van der Waals surface area contributed by atoms with Gasteiger partial charge in [-0.05, 0) is 82.9 Å². The summed E-state index contributed by atoms with van der Waals surface area (Å²) in [5.41, 5.74) is 8.65. The van der Waals surface area contributed by atoms with Crippen LogP contribution in [-0.4, -0.2) is 19.1 Å². The van der Waals surface area contributed by atoms with E-state index >= 15 is 0 Å². The summed E-state index contributed by atoms with van der Waals surface area (Å²) < 4.78 is 7.29. The molecule has 0 aliphatic heterocycles. The van der Waals surface area contributed by atoms with Crippen LogP contribution in [0.1, 0.15) is 0 Å². The van der Waals surface area contributed by atoms with Crippen LogP contribution in [-0.2, 0) is 0 Å². The summed E-state index contributed by atoms with van der Waals surface area (Å²) in [5.74, 6) is 0.662. The minimum Gasteiger partial charge on any atom is -0.309 e. The van der Waals surface area contributed by atoms with Crippen LogP contribution >= 0.6 is 11.3 Å². The SMILES string of the molecule is c1ccc2cc3c(cc2c1)c1ccccc1n3-c1cccc2cc3c(cc12)c1ccccc1n3-c1nc(-c2ccc3sc4ccccc4c3c2)c2ccccc2n1. The molecule has 0 aliphatic rings. The monoisotopic (exact) mass is 742 g/mol. The van der Waals surface area contributed by atoms with Crippen molar-refractivity contribution in [3.63, 3.8) is 0 Å². The van der Waals surface area contributed by atoms with Gasteiger partial charge in [0.25, 0.3) is 0 Å². The maximum Gasteiger partial charge on any atom is 0.235 e. The van der Waals surface area contributed by atoms with E-state index in [9.17, 15) is 0 Å². The molecule has 264 valence electrons. The molecule has 13 rings (SSSR count). The Morgan fingerprint density at radius 1 is 0.351 bits per heavy atom. The van der Waals surface area contributed by atoms with Gasteiger partial charge in [-0.1, -0.05) is 115 Å². The number of hydrogen-bond donors (Lipinski definition) is 0.